The Morgan fingerprint density at radius 1 is 0.957 bits per heavy atom. The minimum absolute atomic E-state index is 0.198. The molecular formula is C33H21BrF3N3O5S2. The molecule has 2 aliphatic heterocycles. The van der Waals surface area contributed by atoms with Gasteiger partial charge in [-0.25, -0.2) is 4.90 Å². The number of rotatable bonds is 6. The third kappa shape index (κ3) is 5.74. The number of halogens is 4. The number of fused-ring (bicyclic) bond motifs is 3. The number of ether oxygens (including phenoxy) is 1. The predicted octanol–water partition coefficient (Wildman–Crippen LogP) is 7.18. The van der Waals surface area contributed by atoms with Crippen molar-refractivity contribution in [3.63, 3.8) is 0 Å². The van der Waals surface area contributed by atoms with Crippen LogP contribution in [0.25, 0.3) is 10.8 Å². The molecule has 2 N–H and O–H groups in total. The average molecular weight is 741 g/mol. The summed E-state index contributed by atoms with van der Waals surface area (Å²) in [6.45, 7) is -0.396. The van der Waals surface area contributed by atoms with Gasteiger partial charge >= 0.3 is 11.0 Å². The summed E-state index contributed by atoms with van der Waals surface area (Å²) in [7, 11) is 0. The number of aromatic nitrogens is 1. The van der Waals surface area contributed by atoms with Crippen molar-refractivity contribution in [2.24, 2.45) is 5.92 Å². The van der Waals surface area contributed by atoms with Crippen molar-refractivity contribution in [2.45, 2.75) is 22.4 Å². The van der Waals surface area contributed by atoms with Gasteiger partial charge in [0.1, 0.15) is 11.0 Å². The topological polar surface area (TPSA) is 109 Å². The van der Waals surface area contributed by atoms with Crippen LogP contribution in [0.1, 0.15) is 21.9 Å². The second-order valence-electron chi connectivity index (χ2n) is 10.9. The van der Waals surface area contributed by atoms with Crippen molar-refractivity contribution in [1.82, 2.24) is 4.98 Å². The minimum Gasteiger partial charge on any atom is -0.483 e. The second kappa shape index (κ2) is 12.0. The van der Waals surface area contributed by atoms with Crippen LogP contribution < -0.4 is 19.8 Å². The molecule has 4 aromatic carbocycles. The number of nitrogens with zero attached hydrogens (tertiary/aromatic N) is 1. The van der Waals surface area contributed by atoms with Crippen LogP contribution in [0.3, 0.4) is 0 Å². The highest BCUT2D eigenvalue weighted by Crippen LogP contribution is 2.55. The number of amides is 3. The second-order valence-corrected chi connectivity index (χ2v) is 13.9. The molecule has 2 aliphatic rings. The van der Waals surface area contributed by atoms with E-state index in [4.69, 9.17) is 4.74 Å². The summed E-state index contributed by atoms with van der Waals surface area (Å²) in [6.07, 6.45) is -4.68. The molecule has 14 heteroatoms. The molecule has 0 spiro atoms. The number of carbonyl (C=O) groups is 3. The van der Waals surface area contributed by atoms with Crippen LogP contribution in [0.4, 0.5) is 24.5 Å². The van der Waals surface area contributed by atoms with E-state index in [9.17, 15) is 32.3 Å². The van der Waals surface area contributed by atoms with Crippen LogP contribution in [0.15, 0.2) is 99.2 Å². The van der Waals surface area contributed by atoms with Gasteiger partial charge in [-0.2, -0.15) is 13.2 Å². The lowest BCUT2D eigenvalue weighted by Gasteiger charge is -2.31. The van der Waals surface area contributed by atoms with Crippen LogP contribution in [-0.2, 0) is 20.6 Å². The number of H-pyrrole nitrogens is 1. The number of hydrogen-bond acceptors (Lipinski definition) is 7. The Labute approximate surface area is 281 Å². The van der Waals surface area contributed by atoms with E-state index in [1.165, 1.54) is 6.07 Å². The molecule has 1 saturated heterocycles. The first-order valence-electron chi connectivity index (χ1n) is 14.1. The lowest BCUT2D eigenvalue weighted by atomic mass is 9.82. The zero-order valence-electron chi connectivity index (χ0n) is 23.8. The Bertz CT molecular complexity index is 2140. The van der Waals surface area contributed by atoms with Crippen molar-refractivity contribution in [3.05, 3.63) is 115 Å². The Morgan fingerprint density at radius 3 is 2.53 bits per heavy atom. The molecule has 238 valence electrons. The fourth-order valence-corrected chi connectivity index (χ4v) is 8.87. The first kappa shape index (κ1) is 31.2. The molecule has 3 heterocycles. The van der Waals surface area contributed by atoms with Crippen LogP contribution in [0, 0.1) is 5.92 Å². The highest BCUT2D eigenvalue weighted by atomic mass is 79.9. The largest absolute Gasteiger partial charge is 0.483 e. The molecule has 7 rings (SSSR count). The third-order valence-corrected chi connectivity index (χ3v) is 10.9. The molecular weight excluding hydrogens is 719 g/mol. The molecule has 3 atom stereocenters. The van der Waals surface area contributed by atoms with E-state index in [1.54, 1.807) is 24.3 Å². The van der Waals surface area contributed by atoms with Gasteiger partial charge in [0.05, 0.1) is 22.2 Å². The van der Waals surface area contributed by atoms with Gasteiger partial charge in [-0.1, -0.05) is 81.5 Å². The van der Waals surface area contributed by atoms with Crippen LogP contribution in [-0.4, -0.2) is 34.6 Å². The van der Waals surface area contributed by atoms with Gasteiger partial charge in [-0.15, -0.1) is 0 Å². The van der Waals surface area contributed by atoms with Crippen molar-refractivity contribution in [1.29, 1.82) is 0 Å². The molecule has 1 aromatic heterocycles. The van der Waals surface area contributed by atoms with Crippen LogP contribution >= 0.6 is 39.0 Å². The maximum absolute atomic E-state index is 14.1. The number of benzene rings is 4. The lowest BCUT2D eigenvalue weighted by molar-refractivity contribution is -0.137. The summed E-state index contributed by atoms with van der Waals surface area (Å²) in [5.41, 5.74) is -0.165. The monoisotopic (exact) mass is 739 g/mol. The van der Waals surface area contributed by atoms with E-state index in [1.807, 2.05) is 36.4 Å². The van der Waals surface area contributed by atoms with Gasteiger partial charge in [0.2, 0.25) is 11.8 Å². The molecule has 1 fully saturated rings. The van der Waals surface area contributed by atoms with E-state index in [0.29, 0.717) is 25.6 Å². The molecule has 0 aliphatic carbocycles. The van der Waals surface area contributed by atoms with Gasteiger partial charge in [0, 0.05) is 31.9 Å². The molecule has 47 heavy (non-hydrogen) atoms. The highest BCUT2D eigenvalue weighted by molar-refractivity contribution is 9.10. The van der Waals surface area contributed by atoms with Gasteiger partial charge in [0.15, 0.2) is 6.61 Å². The normalized spacial score (nSPS) is 19.1. The van der Waals surface area contributed by atoms with E-state index in [2.05, 4.69) is 26.2 Å². The minimum atomic E-state index is -4.68. The number of alkyl halides is 3. The summed E-state index contributed by atoms with van der Waals surface area (Å²) in [5.74, 6) is -3.58. The smallest absolute Gasteiger partial charge is 0.416 e. The number of anilines is 2. The first-order chi connectivity index (χ1) is 22.5. The zero-order valence-corrected chi connectivity index (χ0v) is 27.1. The fourth-order valence-electron chi connectivity index (χ4n) is 5.99. The summed E-state index contributed by atoms with van der Waals surface area (Å²) in [6, 6.07) is 22.2. The first-order valence-corrected chi connectivity index (χ1v) is 16.6. The van der Waals surface area contributed by atoms with Crippen molar-refractivity contribution in [2.75, 3.05) is 16.8 Å². The lowest BCUT2D eigenvalue weighted by Crippen LogP contribution is -2.32. The van der Waals surface area contributed by atoms with E-state index in [0.717, 1.165) is 57.0 Å². The molecule has 0 unspecified atom stereocenters. The van der Waals surface area contributed by atoms with Gasteiger partial charge < -0.3 is 15.0 Å². The molecule has 0 saturated carbocycles. The number of imide groups is 1. The van der Waals surface area contributed by atoms with Crippen LogP contribution in [0.5, 0.6) is 5.75 Å². The summed E-state index contributed by atoms with van der Waals surface area (Å²) in [5, 5.41) is 4.01. The number of nitrogens with one attached hydrogen (secondary N) is 2. The van der Waals surface area contributed by atoms with Crippen LogP contribution in [0.2, 0.25) is 0 Å². The molecule has 3 amide bonds. The highest BCUT2D eigenvalue weighted by Gasteiger charge is 2.57. The number of thioether (sulfide) groups is 1. The Kier molecular flexibility index (Phi) is 7.97. The Hall–Kier alpha value is -4.40. The zero-order chi connectivity index (χ0) is 33.0. The van der Waals surface area contributed by atoms with E-state index < -0.39 is 58.0 Å². The average Bonchev–Trinajstić information content (AvgIpc) is 3.54. The standard InChI is InChI=1S/C33H21BrF3N3O5S2/c34-18-11-12-23(45-15-24(41)38-22-10-3-6-16-5-1-2-9-20(16)22)21(14-18)25-26-28(46-29-27(25)47-32(44)39-29)31(43)40(30(26)42)19-8-4-7-17(13-19)33(35,36)37/h1-14,25-26,28H,15H2,(H,38,41)(H,39,44)/t25-,26-,28+/m0/s1. The summed E-state index contributed by atoms with van der Waals surface area (Å²) in [4.78, 5) is 57.1. The quantitative estimate of drug-likeness (QED) is 0.179. The van der Waals surface area contributed by atoms with Gasteiger partial charge in [-0.3, -0.25) is 19.2 Å². The van der Waals surface area contributed by atoms with Crippen molar-refractivity contribution in [3.8, 4) is 5.75 Å². The number of carbonyl (C=O) groups excluding carboxylic acids is 3. The maximum atomic E-state index is 14.1. The number of thiazole rings is 1. The van der Waals surface area contributed by atoms with Gasteiger partial charge in [0.25, 0.3) is 5.91 Å². The van der Waals surface area contributed by atoms with Crippen molar-refractivity contribution >= 4 is 78.9 Å². The maximum Gasteiger partial charge on any atom is 0.416 e. The van der Waals surface area contributed by atoms with E-state index in [-0.39, 0.29) is 11.4 Å². The Morgan fingerprint density at radius 2 is 1.72 bits per heavy atom. The summed E-state index contributed by atoms with van der Waals surface area (Å²) < 4.78 is 47.2. The summed E-state index contributed by atoms with van der Waals surface area (Å²) >= 11 is 5.33. The van der Waals surface area contributed by atoms with Crippen molar-refractivity contribution < 1.29 is 32.3 Å². The SMILES string of the molecule is O=C(COc1ccc(Br)cc1[C@@H]1c2sc(=O)[nH]c2S[C@H]2C(=O)N(c3cccc(C(F)(F)F)c3)C(=O)[C@@H]12)Nc1cccc2ccccc12. The molecule has 8 nitrogen and oxygen atoms in total. The molecule has 0 bridgehead atoms. The van der Waals surface area contributed by atoms with Gasteiger partial charge in [-0.05, 0) is 47.9 Å². The fraction of sp³-hybridized carbons (Fsp3) is 0.152. The number of aromatic amines is 1. The third-order valence-electron chi connectivity index (χ3n) is 7.98. The van der Waals surface area contributed by atoms with E-state index >= 15 is 0 Å². The number of hydrogen-bond donors (Lipinski definition) is 2. The molecule has 5 aromatic rings. The molecule has 0 radical (unpaired) electrons. The predicted molar refractivity (Wildman–Crippen MR) is 176 cm³/mol. The Balaban J connectivity index is 1.23.